The molecule has 29 heavy (non-hydrogen) atoms. The van der Waals surface area contributed by atoms with E-state index < -0.39 is 25.7 Å². The third-order valence-corrected chi connectivity index (χ3v) is 13.1. The van der Waals surface area contributed by atoms with E-state index in [0.717, 1.165) is 18.6 Å². The molecular weight excluding hydrogens is 386 g/mol. The predicted molar refractivity (Wildman–Crippen MR) is 115 cm³/mol. The molecule has 2 amide bonds. The number of carbonyl (C=O) groups excluding carboxylic acids is 3. The molecule has 2 aliphatic rings. The van der Waals surface area contributed by atoms with Crippen LogP contribution in [0.5, 0.6) is 0 Å². The molecular formula is C22H37NO5Si. The fraction of sp³-hybridized carbons (Fsp3) is 0.773. The van der Waals surface area contributed by atoms with E-state index >= 15 is 0 Å². The number of alkyl carbamates (subject to hydrolysis) is 1. The molecule has 2 aliphatic carbocycles. The molecule has 2 atom stereocenters. The largest absolute Gasteiger partial charge is 0.546 e. The zero-order chi connectivity index (χ0) is 22.0. The van der Waals surface area contributed by atoms with E-state index in [2.05, 4.69) is 51.6 Å². The lowest BCUT2D eigenvalue weighted by molar-refractivity contribution is -0.149. The van der Waals surface area contributed by atoms with Crippen molar-refractivity contribution in [1.82, 2.24) is 5.32 Å². The van der Waals surface area contributed by atoms with E-state index in [0.29, 0.717) is 29.5 Å². The zero-order valence-corrected chi connectivity index (χ0v) is 20.0. The van der Waals surface area contributed by atoms with Crippen LogP contribution in [0.25, 0.3) is 0 Å². The van der Waals surface area contributed by atoms with Crippen molar-refractivity contribution >= 4 is 26.1 Å². The highest BCUT2D eigenvalue weighted by molar-refractivity contribution is 6.77. The van der Waals surface area contributed by atoms with Crippen molar-refractivity contribution in [3.63, 3.8) is 0 Å². The highest BCUT2D eigenvalue weighted by Crippen LogP contribution is 2.51. The minimum absolute atomic E-state index is 0.0782. The van der Waals surface area contributed by atoms with E-state index in [1.807, 2.05) is 6.08 Å². The van der Waals surface area contributed by atoms with Gasteiger partial charge in [0.25, 0.3) is 8.32 Å². The van der Waals surface area contributed by atoms with Crippen molar-refractivity contribution in [2.75, 3.05) is 7.11 Å². The van der Waals surface area contributed by atoms with E-state index in [1.54, 1.807) is 0 Å². The summed E-state index contributed by atoms with van der Waals surface area (Å²) >= 11 is 0. The van der Waals surface area contributed by atoms with Gasteiger partial charge in [-0.05, 0) is 47.9 Å². The maximum atomic E-state index is 13.0. The van der Waals surface area contributed by atoms with Gasteiger partial charge in [-0.15, -0.1) is 0 Å². The van der Waals surface area contributed by atoms with Gasteiger partial charge in [-0.3, -0.25) is 14.9 Å². The summed E-state index contributed by atoms with van der Waals surface area (Å²) < 4.78 is 11.4. The molecule has 2 rings (SSSR count). The first-order valence-corrected chi connectivity index (χ1v) is 13.0. The Hall–Kier alpha value is -1.63. The lowest BCUT2D eigenvalue weighted by atomic mass is 9.59. The molecule has 0 aromatic rings. The molecule has 0 aliphatic heterocycles. The van der Waals surface area contributed by atoms with Gasteiger partial charge in [0.2, 0.25) is 5.91 Å². The minimum atomic E-state index is -2.10. The summed E-state index contributed by atoms with van der Waals surface area (Å²) in [5.74, 6) is 0.167. The molecule has 0 heterocycles. The Morgan fingerprint density at radius 1 is 1.14 bits per heavy atom. The Balaban J connectivity index is 2.37. The average Bonchev–Trinajstić information content (AvgIpc) is 2.65. The van der Waals surface area contributed by atoms with Gasteiger partial charge >= 0.3 is 6.09 Å². The maximum Gasteiger partial charge on any atom is 0.413 e. The fourth-order valence-electron chi connectivity index (χ4n) is 5.69. The van der Waals surface area contributed by atoms with Gasteiger partial charge in [-0.25, -0.2) is 4.79 Å². The van der Waals surface area contributed by atoms with Gasteiger partial charge in [-0.2, -0.15) is 0 Å². The number of Topliss-reactive ketones (excluding diaryl/α,β-unsaturated/α-hetero) is 1. The summed E-state index contributed by atoms with van der Waals surface area (Å²) in [6.07, 6.45) is 3.89. The maximum absolute atomic E-state index is 13.0. The van der Waals surface area contributed by atoms with Crippen LogP contribution in [-0.2, 0) is 18.8 Å². The average molecular weight is 424 g/mol. The highest BCUT2D eigenvalue weighted by Gasteiger charge is 2.56. The van der Waals surface area contributed by atoms with Crippen LogP contribution in [0.1, 0.15) is 73.6 Å². The van der Waals surface area contributed by atoms with Crippen LogP contribution in [-0.4, -0.2) is 33.2 Å². The van der Waals surface area contributed by atoms with Crippen molar-refractivity contribution in [2.24, 2.45) is 11.3 Å². The van der Waals surface area contributed by atoms with Crippen molar-refractivity contribution in [3.8, 4) is 0 Å². The molecule has 1 saturated carbocycles. The van der Waals surface area contributed by atoms with Crippen molar-refractivity contribution in [1.29, 1.82) is 0 Å². The quantitative estimate of drug-likeness (QED) is 0.475. The molecule has 164 valence electrons. The number of ketones is 1. The van der Waals surface area contributed by atoms with Gasteiger partial charge in [0.1, 0.15) is 11.2 Å². The van der Waals surface area contributed by atoms with Gasteiger partial charge in [0, 0.05) is 12.8 Å². The normalized spacial score (nSPS) is 25.0. The number of imide groups is 1. The van der Waals surface area contributed by atoms with Crippen molar-refractivity contribution in [2.45, 2.75) is 90.3 Å². The second-order valence-electron chi connectivity index (χ2n) is 9.43. The number of methoxy groups -OCH3 is 1. The first kappa shape index (κ1) is 23.6. The van der Waals surface area contributed by atoms with E-state index in [4.69, 9.17) is 4.43 Å². The fourth-order valence-corrected chi connectivity index (χ4v) is 11.0. The Morgan fingerprint density at radius 3 is 2.24 bits per heavy atom. The lowest BCUT2D eigenvalue weighted by Gasteiger charge is -2.47. The van der Waals surface area contributed by atoms with Crippen LogP contribution in [0.2, 0.25) is 16.6 Å². The van der Waals surface area contributed by atoms with Gasteiger partial charge in [-0.1, -0.05) is 41.5 Å². The van der Waals surface area contributed by atoms with E-state index in [1.165, 1.54) is 7.11 Å². The first-order valence-electron chi connectivity index (χ1n) is 10.8. The molecule has 0 aromatic heterocycles. The third-order valence-electron chi connectivity index (χ3n) is 7.07. The molecule has 6 nitrogen and oxygen atoms in total. The number of rotatable bonds is 6. The van der Waals surface area contributed by atoms with Crippen molar-refractivity contribution in [3.05, 3.63) is 11.8 Å². The molecule has 1 N–H and O–H groups in total. The van der Waals surface area contributed by atoms with Gasteiger partial charge in [0.15, 0.2) is 0 Å². The van der Waals surface area contributed by atoms with E-state index in [9.17, 15) is 14.4 Å². The molecule has 0 bridgehead atoms. The summed E-state index contributed by atoms with van der Waals surface area (Å²) in [6.45, 7) is 13.5. The second kappa shape index (κ2) is 9.02. The van der Waals surface area contributed by atoms with Crippen LogP contribution in [0.3, 0.4) is 0 Å². The Morgan fingerprint density at radius 2 is 1.72 bits per heavy atom. The lowest BCUT2D eigenvalue weighted by Crippen LogP contribution is -2.56. The summed E-state index contributed by atoms with van der Waals surface area (Å²) in [7, 11) is -0.890. The summed E-state index contributed by atoms with van der Waals surface area (Å²) in [5.41, 5.74) is 0.166. The number of amides is 2. The van der Waals surface area contributed by atoms with Gasteiger partial charge < -0.3 is 9.16 Å². The number of nitrogens with one attached hydrogen (secondary N) is 1. The first-order chi connectivity index (χ1) is 13.5. The molecule has 0 spiro atoms. The molecule has 7 heteroatoms. The molecule has 1 fully saturated rings. The van der Waals surface area contributed by atoms with Crippen molar-refractivity contribution < 1.29 is 23.5 Å². The highest BCUT2D eigenvalue weighted by atomic mass is 28.4. The zero-order valence-electron chi connectivity index (χ0n) is 19.0. The Bertz CT molecular complexity index is 663. The number of hydrogen-bond acceptors (Lipinski definition) is 5. The monoisotopic (exact) mass is 423 g/mol. The predicted octanol–water partition coefficient (Wildman–Crippen LogP) is 5.09. The SMILES string of the molecule is COC(=O)NC(=O)[C@]12CC=C(O[Si](C(C)C)(C(C)C)C(C)C)C[C@@H]1CCCC2=O. The Labute approximate surface area is 175 Å². The number of fused-ring (bicyclic) bond motifs is 1. The number of carbonyl (C=O) groups is 3. The van der Waals surface area contributed by atoms with Crippen LogP contribution in [0.4, 0.5) is 4.79 Å². The smallest absolute Gasteiger partial charge is 0.413 e. The second-order valence-corrected chi connectivity index (χ2v) is 14.8. The number of allylic oxidation sites excluding steroid dienone is 2. The standard InChI is InChI=1S/C22H37NO5Si/c1-14(2)29(15(3)4,16(5)6)28-18-11-12-22(20(25)23-21(26)27-7)17(13-18)9-8-10-19(22)24/h11,14-17H,8-10,12-13H2,1-7H3,(H,23,25,26)/t17-,22+/m0/s1. The van der Waals surface area contributed by atoms with Crippen LogP contribution in [0.15, 0.2) is 11.8 Å². The third kappa shape index (κ3) is 4.16. The molecule has 0 unspecified atom stereocenters. The summed E-state index contributed by atoms with van der Waals surface area (Å²) in [6, 6.07) is 0. The summed E-state index contributed by atoms with van der Waals surface area (Å²) in [5, 5.41) is 2.26. The Kier molecular flexibility index (Phi) is 7.36. The molecule has 0 aromatic carbocycles. The molecule has 0 saturated heterocycles. The van der Waals surface area contributed by atoms with Crippen LogP contribution >= 0.6 is 0 Å². The number of hydrogen-bond donors (Lipinski definition) is 1. The molecule has 0 radical (unpaired) electrons. The van der Waals surface area contributed by atoms with Crippen LogP contribution < -0.4 is 5.32 Å². The topological polar surface area (TPSA) is 81.7 Å². The van der Waals surface area contributed by atoms with E-state index in [-0.39, 0.29) is 18.1 Å². The number of ether oxygens (including phenoxy) is 1. The summed E-state index contributed by atoms with van der Waals surface area (Å²) in [4.78, 5) is 37.5. The van der Waals surface area contributed by atoms with Crippen LogP contribution in [0, 0.1) is 11.3 Å². The minimum Gasteiger partial charge on any atom is -0.546 e. The van der Waals surface area contributed by atoms with Gasteiger partial charge in [0.05, 0.1) is 12.9 Å².